The number of anilines is 1. The zero-order chi connectivity index (χ0) is 14.0. The SMILES string of the molecule is CCS(=O)(=O)Nc1ccc(S(=O)(=O)C(F)F)cc1. The molecule has 102 valence electrons. The average molecular weight is 299 g/mol. The van der Waals surface area contributed by atoms with Crippen LogP contribution in [0.5, 0.6) is 0 Å². The third-order valence-corrected chi connectivity index (χ3v) is 4.78. The molecule has 5 nitrogen and oxygen atoms in total. The molecule has 1 aromatic carbocycles. The lowest BCUT2D eigenvalue weighted by Crippen LogP contribution is -2.15. The van der Waals surface area contributed by atoms with E-state index in [2.05, 4.69) is 4.72 Å². The first-order chi connectivity index (χ1) is 8.19. The van der Waals surface area contributed by atoms with Crippen LogP contribution in [0, 0.1) is 0 Å². The van der Waals surface area contributed by atoms with E-state index in [1.165, 1.54) is 6.92 Å². The van der Waals surface area contributed by atoms with Gasteiger partial charge in [-0.05, 0) is 31.2 Å². The van der Waals surface area contributed by atoms with Gasteiger partial charge in [0.2, 0.25) is 19.9 Å². The molecular weight excluding hydrogens is 288 g/mol. The molecule has 0 aliphatic heterocycles. The first-order valence-electron chi connectivity index (χ1n) is 4.81. The maximum absolute atomic E-state index is 12.2. The second-order valence-electron chi connectivity index (χ2n) is 3.34. The molecule has 0 bridgehead atoms. The van der Waals surface area contributed by atoms with E-state index in [-0.39, 0.29) is 11.4 Å². The van der Waals surface area contributed by atoms with Gasteiger partial charge in [-0.15, -0.1) is 0 Å². The number of sulfonamides is 1. The van der Waals surface area contributed by atoms with Crippen LogP contribution in [0.15, 0.2) is 29.2 Å². The van der Waals surface area contributed by atoms with Gasteiger partial charge in [-0.3, -0.25) is 4.72 Å². The Labute approximate surface area is 104 Å². The summed E-state index contributed by atoms with van der Waals surface area (Å²) in [6.45, 7) is 1.43. The maximum atomic E-state index is 12.2. The number of nitrogens with one attached hydrogen (secondary N) is 1. The third-order valence-electron chi connectivity index (χ3n) is 2.07. The van der Waals surface area contributed by atoms with Gasteiger partial charge in [-0.1, -0.05) is 0 Å². The van der Waals surface area contributed by atoms with Crippen molar-refractivity contribution in [3.63, 3.8) is 0 Å². The second-order valence-corrected chi connectivity index (χ2v) is 7.26. The number of halogens is 2. The molecular formula is C9H11F2NO4S2. The van der Waals surface area contributed by atoms with Crippen molar-refractivity contribution in [1.29, 1.82) is 0 Å². The Kier molecular flexibility index (Phi) is 4.28. The van der Waals surface area contributed by atoms with Crippen LogP contribution >= 0.6 is 0 Å². The van der Waals surface area contributed by atoms with E-state index in [1.807, 2.05) is 0 Å². The van der Waals surface area contributed by atoms with E-state index >= 15 is 0 Å². The Morgan fingerprint density at radius 1 is 1.11 bits per heavy atom. The van der Waals surface area contributed by atoms with Crippen LogP contribution in [0.3, 0.4) is 0 Å². The molecule has 1 N–H and O–H groups in total. The highest BCUT2D eigenvalue weighted by Gasteiger charge is 2.26. The molecule has 0 radical (unpaired) electrons. The van der Waals surface area contributed by atoms with Crippen molar-refractivity contribution in [2.45, 2.75) is 17.6 Å². The Balaban J connectivity index is 3.02. The molecule has 0 heterocycles. The molecule has 9 heteroatoms. The van der Waals surface area contributed by atoms with Gasteiger partial charge in [0.15, 0.2) is 0 Å². The number of hydrogen-bond donors (Lipinski definition) is 1. The van der Waals surface area contributed by atoms with Crippen LogP contribution in [-0.4, -0.2) is 28.3 Å². The third kappa shape index (κ3) is 3.39. The zero-order valence-electron chi connectivity index (χ0n) is 9.30. The minimum absolute atomic E-state index is 0.116. The minimum Gasteiger partial charge on any atom is -0.284 e. The fraction of sp³-hybridized carbons (Fsp3) is 0.333. The van der Waals surface area contributed by atoms with Crippen LogP contribution in [0.2, 0.25) is 0 Å². The van der Waals surface area contributed by atoms with Crippen molar-refractivity contribution in [1.82, 2.24) is 0 Å². The molecule has 18 heavy (non-hydrogen) atoms. The highest BCUT2D eigenvalue weighted by atomic mass is 32.2. The topological polar surface area (TPSA) is 80.3 Å². The van der Waals surface area contributed by atoms with Gasteiger partial charge in [0.05, 0.1) is 10.6 Å². The molecule has 0 aliphatic rings. The summed E-state index contributed by atoms with van der Waals surface area (Å²) in [5.74, 6) is -3.65. The number of sulfone groups is 1. The van der Waals surface area contributed by atoms with Crippen molar-refractivity contribution in [3.05, 3.63) is 24.3 Å². The number of alkyl halides is 2. The Morgan fingerprint density at radius 2 is 1.61 bits per heavy atom. The van der Waals surface area contributed by atoms with E-state index in [1.54, 1.807) is 0 Å². The molecule has 1 rings (SSSR count). The van der Waals surface area contributed by atoms with Crippen molar-refractivity contribution in [3.8, 4) is 0 Å². The lowest BCUT2D eigenvalue weighted by molar-refractivity contribution is 0.234. The predicted octanol–water partition coefficient (Wildman–Crippen LogP) is 1.44. The van der Waals surface area contributed by atoms with Gasteiger partial charge >= 0.3 is 5.76 Å². The van der Waals surface area contributed by atoms with E-state index in [4.69, 9.17) is 0 Å². The summed E-state index contributed by atoms with van der Waals surface area (Å²) in [5.41, 5.74) is 0.116. The van der Waals surface area contributed by atoms with E-state index < -0.39 is 30.5 Å². The molecule has 0 aliphatic carbocycles. The number of hydrogen-bond acceptors (Lipinski definition) is 4. The highest BCUT2D eigenvalue weighted by molar-refractivity contribution is 7.92. The van der Waals surface area contributed by atoms with E-state index in [0.29, 0.717) is 0 Å². The Bertz CT molecular complexity index is 608. The van der Waals surface area contributed by atoms with Crippen molar-refractivity contribution >= 4 is 25.5 Å². The summed E-state index contributed by atoms with van der Waals surface area (Å²) in [7, 11) is -8.14. The van der Waals surface area contributed by atoms with Gasteiger partial charge in [-0.25, -0.2) is 16.8 Å². The van der Waals surface area contributed by atoms with Gasteiger partial charge in [0, 0.05) is 5.69 Å². The predicted molar refractivity (Wildman–Crippen MR) is 62.7 cm³/mol. The largest absolute Gasteiger partial charge is 0.341 e. The molecule has 0 atom stereocenters. The summed E-state index contributed by atoms with van der Waals surface area (Å²) in [4.78, 5) is -0.558. The summed E-state index contributed by atoms with van der Waals surface area (Å²) < 4.78 is 71.2. The standard InChI is InChI=1S/C9H11F2NO4S2/c1-2-17(13,14)12-7-3-5-8(6-4-7)18(15,16)9(10)11/h3-6,9,12H,2H2,1H3. The molecule has 0 saturated heterocycles. The van der Waals surface area contributed by atoms with Crippen molar-refractivity contribution in [2.75, 3.05) is 10.5 Å². The summed E-state index contributed by atoms with van der Waals surface area (Å²) >= 11 is 0. The molecule has 0 spiro atoms. The summed E-state index contributed by atoms with van der Waals surface area (Å²) in [5, 5.41) is 0. The van der Waals surface area contributed by atoms with Gasteiger partial charge in [-0.2, -0.15) is 8.78 Å². The molecule has 0 amide bonds. The first kappa shape index (κ1) is 14.8. The lowest BCUT2D eigenvalue weighted by Gasteiger charge is -2.07. The van der Waals surface area contributed by atoms with Crippen LogP contribution in [0.4, 0.5) is 14.5 Å². The quantitative estimate of drug-likeness (QED) is 0.892. The van der Waals surface area contributed by atoms with Gasteiger partial charge in [0.25, 0.3) is 0 Å². The zero-order valence-corrected chi connectivity index (χ0v) is 10.9. The van der Waals surface area contributed by atoms with Crippen LogP contribution in [0.1, 0.15) is 6.92 Å². The van der Waals surface area contributed by atoms with Gasteiger partial charge < -0.3 is 0 Å². The molecule has 0 fully saturated rings. The Hall–Kier alpha value is -1.22. The van der Waals surface area contributed by atoms with Crippen LogP contribution in [-0.2, 0) is 19.9 Å². The fourth-order valence-corrected chi connectivity index (χ4v) is 2.43. The van der Waals surface area contributed by atoms with E-state index in [9.17, 15) is 25.6 Å². The Morgan fingerprint density at radius 3 is 2.00 bits per heavy atom. The second kappa shape index (κ2) is 5.19. The van der Waals surface area contributed by atoms with Crippen LogP contribution in [0.25, 0.3) is 0 Å². The summed E-state index contributed by atoms with van der Waals surface area (Å²) in [6.07, 6.45) is 0. The first-order valence-corrected chi connectivity index (χ1v) is 8.01. The lowest BCUT2D eigenvalue weighted by atomic mass is 10.3. The van der Waals surface area contributed by atoms with E-state index in [0.717, 1.165) is 24.3 Å². The monoisotopic (exact) mass is 299 g/mol. The highest BCUT2D eigenvalue weighted by Crippen LogP contribution is 2.20. The minimum atomic E-state index is -4.65. The molecule has 0 aromatic heterocycles. The maximum Gasteiger partial charge on any atom is 0.341 e. The molecule has 1 aromatic rings. The normalized spacial score (nSPS) is 12.7. The van der Waals surface area contributed by atoms with Gasteiger partial charge in [0.1, 0.15) is 0 Å². The van der Waals surface area contributed by atoms with Crippen LogP contribution < -0.4 is 4.72 Å². The molecule has 0 unspecified atom stereocenters. The molecule has 0 saturated carbocycles. The number of rotatable bonds is 5. The fourth-order valence-electron chi connectivity index (χ4n) is 1.07. The smallest absolute Gasteiger partial charge is 0.284 e. The van der Waals surface area contributed by atoms with Crippen molar-refractivity contribution < 1.29 is 25.6 Å². The number of benzene rings is 1. The van der Waals surface area contributed by atoms with Crippen molar-refractivity contribution in [2.24, 2.45) is 0 Å². The average Bonchev–Trinajstić information content (AvgIpc) is 2.29. The summed E-state index contributed by atoms with van der Waals surface area (Å²) in [6, 6.07) is 4.08.